The van der Waals surface area contributed by atoms with Crippen molar-refractivity contribution in [2.24, 2.45) is 0 Å². The zero-order valence-corrected chi connectivity index (χ0v) is 13.4. The molecule has 0 radical (unpaired) electrons. The topological polar surface area (TPSA) is 75.7 Å². The molecule has 1 saturated heterocycles. The molecule has 120 valence electrons. The summed E-state index contributed by atoms with van der Waals surface area (Å²) in [5, 5.41) is 2.87. The van der Waals surface area contributed by atoms with Crippen molar-refractivity contribution in [3.05, 3.63) is 23.8 Å². The molecular formula is C15H20N2O4S. The lowest BCUT2D eigenvalue weighted by Crippen LogP contribution is -2.29. The summed E-state index contributed by atoms with van der Waals surface area (Å²) < 4.78 is 31.9. The molecule has 1 aliphatic carbocycles. The number of rotatable bonds is 5. The molecule has 1 aromatic carbocycles. The normalized spacial score (nSPS) is 19.1. The monoisotopic (exact) mass is 324 g/mol. The fourth-order valence-electron chi connectivity index (χ4n) is 2.59. The quantitative estimate of drug-likeness (QED) is 0.887. The number of sulfonamides is 1. The van der Waals surface area contributed by atoms with Gasteiger partial charge in [0.25, 0.3) is 5.91 Å². The van der Waals surface area contributed by atoms with Gasteiger partial charge in [-0.3, -0.25) is 4.79 Å². The fraction of sp³-hybridized carbons (Fsp3) is 0.533. The van der Waals surface area contributed by atoms with Crippen LogP contribution in [0.15, 0.2) is 23.1 Å². The van der Waals surface area contributed by atoms with Crippen molar-refractivity contribution in [3.8, 4) is 5.75 Å². The first-order valence-electron chi connectivity index (χ1n) is 7.51. The van der Waals surface area contributed by atoms with E-state index in [1.54, 1.807) is 6.07 Å². The average Bonchev–Trinajstić information content (AvgIpc) is 3.15. The Balaban J connectivity index is 1.93. The van der Waals surface area contributed by atoms with Crippen LogP contribution in [0.1, 0.15) is 36.0 Å². The van der Waals surface area contributed by atoms with Crippen LogP contribution in [0.3, 0.4) is 0 Å². The second-order valence-electron chi connectivity index (χ2n) is 5.72. The molecule has 1 aliphatic heterocycles. The molecule has 0 bridgehead atoms. The van der Waals surface area contributed by atoms with Gasteiger partial charge < -0.3 is 10.1 Å². The standard InChI is InChI=1S/C15H20N2O4S/c1-21-14-7-6-12(22(19,20)17-8-2-3-9-17)10-13(14)15(18)16-11-4-5-11/h6-7,10-11H,2-5,8-9H2,1H3,(H,16,18). The van der Waals surface area contributed by atoms with Crippen molar-refractivity contribution in [1.29, 1.82) is 0 Å². The van der Waals surface area contributed by atoms with Crippen LogP contribution in [0.5, 0.6) is 5.75 Å². The van der Waals surface area contributed by atoms with E-state index in [1.165, 1.54) is 23.5 Å². The van der Waals surface area contributed by atoms with Crippen molar-refractivity contribution >= 4 is 15.9 Å². The van der Waals surface area contributed by atoms with E-state index in [1.807, 2.05) is 0 Å². The zero-order valence-electron chi connectivity index (χ0n) is 12.5. The third-order valence-corrected chi connectivity index (χ3v) is 5.93. The largest absolute Gasteiger partial charge is 0.496 e. The Kier molecular flexibility index (Phi) is 4.10. The molecule has 2 fully saturated rings. The van der Waals surface area contributed by atoms with E-state index < -0.39 is 10.0 Å². The second-order valence-corrected chi connectivity index (χ2v) is 7.66. The lowest BCUT2D eigenvalue weighted by atomic mass is 10.2. The summed E-state index contributed by atoms with van der Waals surface area (Å²) in [5.74, 6) is 0.108. The van der Waals surface area contributed by atoms with Gasteiger partial charge in [0, 0.05) is 19.1 Å². The van der Waals surface area contributed by atoms with E-state index in [4.69, 9.17) is 4.74 Å². The van der Waals surface area contributed by atoms with E-state index in [0.29, 0.717) is 18.8 Å². The Morgan fingerprint density at radius 2 is 1.95 bits per heavy atom. The molecule has 1 aromatic rings. The minimum Gasteiger partial charge on any atom is -0.496 e. The first kappa shape index (κ1) is 15.3. The Hall–Kier alpha value is -1.60. The summed E-state index contributed by atoms with van der Waals surface area (Å²) in [7, 11) is -2.06. The molecule has 1 amide bonds. The maximum absolute atomic E-state index is 12.6. The number of hydrogen-bond donors (Lipinski definition) is 1. The summed E-state index contributed by atoms with van der Waals surface area (Å²) in [6.07, 6.45) is 3.70. The van der Waals surface area contributed by atoms with Gasteiger partial charge in [0.05, 0.1) is 17.6 Å². The third-order valence-electron chi connectivity index (χ3n) is 4.03. The van der Waals surface area contributed by atoms with Crippen LogP contribution in [0.25, 0.3) is 0 Å². The number of hydrogen-bond acceptors (Lipinski definition) is 4. The molecule has 0 unspecified atom stereocenters. The first-order chi connectivity index (χ1) is 10.5. The lowest BCUT2D eigenvalue weighted by Gasteiger charge is -2.17. The van der Waals surface area contributed by atoms with E-state index in [2.05, 4.69) is 5.32 Å². The number of nitrogens with one attached hydrogen (secondary N) is 1. The van der Waals surface area contributed by atoms with Crippen molar-refractivity contribution in [2.75, 3.05) is 20.2 Å². The maximum Gasteiger partial charge on any atom is 0.255 e. The third kappa shape index (κ3) is 2.96. The second kappa shape index (κ2) is 5.89. The predicted octanol–water partition coefficient (Wildman–Crippen LogP) is 1.37. The smallest absolute Gasteiger partial charge is 0.255 e. The van der Waals surface area contributed by atoms with E-state index >= 15 is 0 Å². The van der Waals surface area contributed by atoms with E-state index in [9.17, 15) is 13.2 Å². The molecule has 0 spiro atoms. The maximum atomic E-state index is 12.6. The molecule has 1 heterocycles. The number of amides is 1. The number of benzene rings is 1. The van der Waals surface area contributed by atoms with Gasteiger partial charge in [-0.25, -0.2) is 8.42 Å². The number of carbonyl (C=O) groups is 1. The van der Waals surface area contributed by atoms with E-state index in [-0.39, 0.29) is 22.4 Å². The Morgan fingerprint density at radius 1 is 1.27 bits per heavy atom. The van der Waals surface area contributed by atoms with Gasteiger partial charge in [0.15, 0.2) is 0 Å². The number of nitrogens with zero attached hydrogens (tertiary/aromatic N) is 1. The van der Waals surface area contributed by atoms with Crippen LogP contribution in [0, 0.1) is 0 Å². The molecule has 22 heavy (non-hydrogen) atoms. The summed E-state index contributed by atoms with van der Waals surface area (Å²) >= 11 is 0. The molecule has 3 rings (SSSR count). The van der Waals surface area contributed by atoms with Crippen molar-refractivity contribution < 1.29 is 17.9 Å². The van der Waals surface area contributed by atoms with Crippen LogP contribution in [-0.4, -0.2) is 44.9 Å². The minimum atomic E-state index is -3.53. The highest BCUT2D eigenvalue weighted by Crippen LogP contribution is 2.27. The molecule has 0 aromatic heterocycles. The highest BCUT2D eigenvalue weighted by atomic mass is 32.2. The molecule has 0 atom stereocenters. The molecule has 6 nitrogen and oxygen atoms in total. The van der Waals surface area contributed by atoms with Crippen molar-refractivity contribution in [1.82, 2.24) is 9.62 Å². The Labute approximate surface area is 130 Å². The van der Waals surface area contributed by atoms with Gasteiger partial charge in [-0.2, -0.15) is 4.31 Å². The van der Waals surface area contributed by atoms with Gasteiger partial charge in [0.1, 0.15) is 5.75 Å². The van der Waals surface area contributed by atoms with Gasteiger partial charge in [-0.15, -0.1) is 0 Å². The summed E-state index contributed by atoms with van der Waals surface area (Å²) in [6, 6.07) is 4.67. The molecular weight excluding hydrogens is 304 g/mol. The van der Waals surface area contributed by atoms with Crippen LogP contribution in [0.4, 0.5) is 0 Å². The van der Waals surface area contributed by atoms with E-state index in [0.717, 1.165) is 25.7 Å². The van der Waals surface area contributed by atoms with Crippen LogP contribution >= 0.6 is 0 Å². The van der Waals surface area contributed by atoms with Crippen LogP contribution in [0.2, 0.25) is 0 Å². The Bertz CT molecular complexity index is 677. The lowest BCUT2D eigenvalue weighted by molar-refractivity contribution is 0.0948. The number of carbonyl (C=O) groups excluding carboxylic acids is 1. The number of methoxy groups -OCH3 is 1. The molecule has 1 N–H and O–H groups in total. The van der Waals surface area contributed by atoms with Crippen LogP contribution in [-0.2, 0) is 10.0 Å². The summed E-state index contributed by atoms with van der Waals surface area (Å²) in [4.78, 5) is 12.4. The van der Waals surface area contributed by atoms with Gasteiger partial charge in [-0.1, -0.05) is 0 Å². The van der Waals surface area contributed by atoms with Gasteiger partial charge in [0.2, 0.25) is 10.0 Å². The fourth-order valence-corrected chi connectivity index (χ4v) is 4.14. The number of ether oxygens (including phenoxy) is 1. The molecule has 7 heteroatoms. The van der Waals surface area contributed by atoms with Gasteiger partial charge >= 0.3 is 0 Å². The summed E-state index contributed by atoms with van der Waals surface area (Å²) in [6.45, 7) is 1.08. The zero-order chi connectivity index (χ0) is 15.7. The van der Waals surface area contributed by atoms with Crippen molar-refractivity contribution in [3.63, 3.8) is 0 Å². The first-order valence-corrected chi connectivity index (χ1v) is 8.95. The average molecular weight is 324 g/mol. The summed E-state index contributed by atoms with van der Waals surface area (Å²) in [5.41, 5.74) is 0.273. The Morgan fingerprint density at radius 3 is 2.55 bits per heavy atom. The van der Waals surface area contributed by atoms with Gasteiger partial charge in [-0.05, 0) is 43.9 Å². The SMILES string of the molecule is COc1ccc(S(=O)(=O)N2CCCC2)cc1C(=O)NC1CC1. The predicted molar refractivity (Wildman–Crippen MR) is 81.5 cm³/mol. The van der Waals surface area contributed by atoms with Crippen LogP contribution < -0.4 is 10.1 Å². The molecule has 1 saturated carbocycles. The highest BCUT2D eigenvalue weighted by molar-refractivity contribution is 7.89. The minimum absolute atomic E-state index is 0.149. The van der Waals surface area contributed by atoms with Crippen molar-refractivity contribution in [2.45, 2.75) is 36.6 Å². The highest BCUT2D eigenvalue weighted by Gasteiger charge is 2.30. The molecule has 2 aliphatic rings.